The second kappa shape index (κ2) is 6.21. The van der Waals surface area contributed by atoms with Gasteiger partial charge < -0.3 is 19.7 Å². The fraction of sp³-hybridized carbons (Fsp3) is 0.583. The number of nitrogens with one attached hydrogen (secondary N) is 1. The largest absolute Gasteiger partial charge is 0.480 e. The number of carboxylic acid groups (broad SMARTS) is 1. The summed E-state index contributed by atoms with van der Waals surface area (Å²) in [4.78, 5) is 26.4. The van der Waals surface area contributed by atoms with E-state index in [9.17, 15) is 9.59 Å². The van der Waals surface area contributed by atoms with E-state index in [2.05, 4.69) is 10.3 Å². The molecule has 0 spiro atoms. The van der Waals surface area contributed by atoms with Crippen LogP contribution in [0.5, 0.6) is 0 Å². The first-order chi connectivity index (χ1) is 8.78. The zero-order chi connectivity index (χ0) is 14.5. The van der Waals surface area contributed by atoms with E-state index in [1.165, 1.54) is 0 Å². The standard InChI is InChI=1S/C12H19N3O4/c1-12(2,3)19-11(18)14-9(10(16)17)4-6-15-7-5-13-8-15/h5,7-9H,4,6H2,1-3H3,(H,14,18)(H,16,17)/t9-/m0/s1. The maximum atomic E-state index is 11.5. The van der Waals surface area contributed by atoms with Crippen molar-refractivity contribution in [2.45, 2.75) is 45.4 Å². The van der Waals surface area contributed by atoms with Gasteiger partial charge in [0, 0.05) is 18.9 Å². The molecule has 1 atom stereocenters. The van der Waals surface area contributed by atoms with Crippen LogP contribution in [0, 0.1) is 0 Å². The number of alkyl carbamates (subject to hydrolysis) is 1. The molecule has 0 saturated heterocycles. The van der Waals surface area contributed by atoms with Gasteiger partial charge in [0.15, 0.2) is 0 Å². The fourth-order valence-corrected chi connectivity index (χ4v) is 1.40. The Kier molecular flexibility index (Phi) is 4.91. The molecule has 0 radical (unpaired) electrons. The highest BCUT2D eigenvalue weighted by atomic mass is 16.6. The second-order valence-corrected chi connectivity index (χ2v) is 5.13. The van der Waals surface area contributed by atoms with Gasteiger partial charge in [-0.15, -0.1) is 0 Å². The molecule has 1 rings (SSSR count). The van der Waals surface area contributed by atoms with Gasteiger partial charge in [0.25, 0.3) is 0 Å². The summed E-state index contributed by atoms with van der Waals surface area (Å²) < 4.78 is 6.77. The van der Waals surface area contributed by atoms with Crippen molar-refractivity contribution >= 4 is 12.1 Å². The van der Waals surface area contributed by atoms with Gasteiger partial charge in [0.1, 0.15) is 11.6 Å². The summed E-state index contributed by atoms with van der Waals surface area (Å²) in [7, 11) is 0. The minimum absolute atomic E-state index is 0.255. The van der Waals surface area contributed by atoms with Gasteiger partial charge >= 0.3 is 12.1 Å². The molecule has 0 aliphatic heterocycles. The third kappa shape index (κ3) is 5.89. The van der Waals surface area contributed by atoms with E-state index >= 15 is 0 Å². The van der Waals surface area contributed by atoms with Crippen molar-refractivity contribution < 1.29 is 19.4 Å². The van der Waals surface area contributed by atoms with Gasteiger partial charge in [0.2, 0.25) is 0 Å². The number of aliphatic carboxylic acids is 1. The molecule has 0 fully saturated rings. The van der Waals surface area contributed by atoms with Crippen LogP contribution in [0.15, 0.2) is 18.7 Å². The monoisotopic (exact) mass is 269 g/mol. The molecule has 2 N–H and O–H groups in total. The highest BCUT2D eigenvalue weighted by Crippen LogP contribution is 2.07. The van der Waals surface area contributed by atoms with Crippen molar-refractivity contribution in [2.75, 3.05) is 0 Å². The number of rotatable bonds is 5. The number of aromatic nitrogens is 2. The molecule has 0 bridgehead atoms. The second-order valence-electron chi connectivity index (χ2n) is 5.13. The minimum Gasteiger partial charge on any atom is -0.480 e. The molecular weight excluding hydrogens is 250 g/mol. The Morgan fingerprint density at radius 2 is 2.16 bits per heavy atom. The van der Waals surface area contributed by atoms with Crippen LogP contribution >= 0.6 is 0 Å². The average Bonchev–Trinajstić information content (AvgIpc) is 2.73. The van der Waals surface area contributed by atoms with Gasteiger partial charge in [-0.2, -0.15) is 0 Å². The maximum absolute atomic E-state index is 11.5. The molecule has 0 aliphatic carbocycles. The van der Waals surface area contributed by atoms with Crippen molar-refractivity contribution in [1.82, 2.24) is 14.9 Å². The summed E-state index contributed by atoms with van der Waals surface area (Å²) >= 11 is 0. The summed E-state index contributed by atoms with van der Waals surface area (Å²) in [5.74, 6) is -1.09. The molecule has 1 aromatic heterocycles. The Labute approximate surface area is 111 Å². The number of ether oxygens (including phenoxy) is 1. The molecule has 0 saturated carbocycles. The smallest absolute Gasteiger partial charge is 0.408 e. The number of carbonyl (C=O) groups is 2. The number of aryl methyl sites for hydroxylation is 1. The van der Waals surface area contributed by atoms with Crippen LogP contribution in [0.2, 0.25) is 0 Å². The SMILES string of the molecule is CC(C)(C)OC(=O)N[C@@H](CCn1ccnc1)C(=O)O. The quantitative estimate of drug-likeness (QED) is 0.839. The van der Waals surface area contributed by atoms with Crippen molar-refractivity contribution in [1.29, 1.82) is 0 Å². The Morgan fingerprint density at radius 3 is 2.63 bits per heavy atom. The molecular formula is C12H19N3O4. The van der Waals surface area contributed by atoms with E-state index in [0.29, 0.717) is 6.54 Å². The summed E-state index contributed by atoms with van der Waals surface area (Å²) in [5, 5.41) is 11.4. The number of hydrogen-bond donors (Lipinski definition) is 2. The van der Waals surface area contributed by atoms with Crippen LogP contribution in [0.25, 0.3) is 0 Å². The van der Waals surface area contributed by atoms with E-state index in [1.54, 1.807) is 44.1 Å². The average molecular weight is 269 g/mol. The molecule has 1 aromatic rings. The van der Waals surface area contributed by atoms with Crippen LogP contribution < -0.4 is 5.32 Å². The molecule has 0 aliphatic rings. The molecule has 19 heavy (non-hydrogen) atoms. The van der Waals surface area contributed by atoms with Crippen LogP contribution in [0.1, 0.15) is 27.2 Å². The lowest BCUT2D eigenvalue weighted by atomic mass is 10.2. The van der Waals surface area contributed by atoms with Crippen molar-refractivity contribution in [3.8, 4) is 0 Å². The molecule has 7 heteroatoms. The van der Waals surface area contributed by atoms with Crippen LogP contribution in [0.3, 0.4) is 0 Å². The Bertz CT molecular complexity index is 423. The van der Waals surface area contributed by atoms with Crippen LogP contribution in [0.4, 0.5) is 4.79 Å². The lowest BCUT2D eigenvalue weighted by molar-refractivity contribution is -0.139. The third-order valence-corrected chi connectivity index (χ3v) is 2.22. The number of hydrogen-bond acceptors (Lipinski definition) is 4. The normalized spacial score (nSPS) is 12.8. The first-order valence-corrected chi connectivity index (χ1v) is 5.96. The summed E-state index contributed by atoms with van der Waals surface area (Å²) in [5.41, 5.74) is -0.655. The third-order valence-electron chi connectivity index (χ3n) is 2.22. The summed E-state index contributed by atoms with van der Waals surface area (Å²) in [6, 6.07) is -0.989. The first-order valence-electron chi connectivity index (χ1n) is 5.96. The number of imidazole rings is 1. The van der Waals surface area contributed by atoms with E-state index in [-0.39, 0.29) is 6.42 Å². The minimum atomic E-state index is -1.09. The predicted octanol–water partition coefficient (Wildman–Crippen LogP) is 1.25. The topological polar surface area (TPSA) is 93.5 Å². The summed E-state index contributed by atoms with van der Waals surface area (Å²) in [6.45, 7) is 5.60. The highest BCUT2D eigenvalue weighted by molar-refractivity contribution is 5.79. The molecule has 0 aromatic carbocycles. The lowest BCUT2D eigenvalue weighted by Gasteiger charge is -2.22. The van der Waals surface area contributed by atoms with E-state index in [4.69, 9.17) is 9.84 Å². The molecule has 0 unspecified atom stereocenters. The molecule has 106 valence electrons. The molecule has 1 heterocycles. The Morgan fingerprint density at radius 1 is 1.47 bits per heavy atom. The highest BCUT2D eigenvalue weighted by Gasteiger charge is 2.23. The van der Waals surface area contributed by atoms with Gasteiger partial charge in [-0.1, -0.05) is 0 Å². The summed E-state index contributed by atoms with van der Waals surface area (Å²) in [6.07, 6.45) is 4.45. The number of carbonyl (C=O) groups excluding carboxylic acids is 1. The van der Waals surface area contributed by atoms with Crippen molar-refractivity contribution in [3.63, 3.8) is 0 Å². The fourth-order valence-electron chi connectivity index (χ4n) is 1.40. The van der Waals surface area contributed by atoms with Gasteiger partial charge in [-0.3, -0.25) is 0 Å². The lowest BCUT2D eigenvalue weighted by Crippen LogP contribution is -2.43. The van der Waals surface area contributed by atoms with Crippen LogP contribution in [-0.2, 0) is 16.1 Å². The zero-order valence-electron chi connectivity index (χ0n) is 11.3. The van der Waals surface area contributed by atoms with Gasteiger partial charge in [0.05, 0.1) is 6.33 Å². The van der Waals surface area contributed by atoms with E-state index in [0.717, 1.165) is 0 Å². The van der Waals surface area contributed by atoms with Crippen LogP contribution in [-0.4, -0.2) is 38.4 Å². The zero-order valence-corrected chi connectivity index (χ0v) is 11.3. The van der Waals surface area contributed by atoms with E-state index < -0.39 is 23.7 Å². The Balaban J connectivity index is 2.49. The van der Waals surface area contributed by atoms with E-state index in [1.807, 2.05) is 0 Å². The maximum Gasteiger partial charge on any atom is 0.408 e. The van der Waals surface area contributed by atoms with Gasteiger partial charge in [-0.05, 0) is 27.2 Å². The van der Waals surface area contributed by atoms with Crippen molar-refractivity contribution in [3.05, 3.63) is 18.7 Å². The number of carboxylic acids is 1. The molecule has 7 nitrogen and oxygen atoms in total. The van der Waals surface area contributed by atoms with Crippen molar-refractivity contribution in [2.24, 2.45) is 0 Å². The number of amides is 1. The molecule has 1 amide bonds. The first kappa shape index (κ1) is 15.0. The van der Waals surface area contributed by atoms with Gasteiger partial charge in [-0.25, -0.2) is 14.6 Å². The number of nitrogens with zero attached hydrogens (tertiary/aromatic N) is 2. The Hall–Kier alpha value is -2.05. The predicted molar refractivity (Wildman–Crippen MR) is 67.6 cm³/mol.